The van der Waals surface area contributed by atoms with Crippen molar-refractivity contribution in [3.63, 3.8) is 0 Å². The van der Waals surface area contributed by atoms with E-state index in [1.54, 1.807) is 0 Å². The Hall–Kier alpha value is -1.01. The normalized spacial score (nSPS) is 13.9. The smallest absolute Gasteiger partial charge is 0.204 e. The molecule has 0 radical (unpaired) electrons. The maximum Gasteiger partial charge on any atom is 0.445 e. The van der Waals surface area contributed by atoms with Gasteiger partial charge in [-0.2, -0.15) is 26.3 Å². The van der Waals surface area contributed by atoms with E-state index in [4.69, 9.17) is 0 Å². The molecule has 0 saturated carbocycles. The van der Waals surface area contributed by atoms with Gasteiger partial charge in [0.15, 0.2) is 5.83 Å². The first kappa shape index (κ1) is 11.0. The van der Waals surface area contributed by atoms with E-state index < -0.39 is 30.0 Å². The molecule has 0 amide bonds. The average Bonchev–Trinajstić information content (AvgIpc) is 1.82. The van der Waals surface area contributed by atoms with Crippen molar-refractivity contribution >= 4 is 0 Å². The number of hydrogen-bond donors (Lipinski definition) is 0. The molecule has 12 heavy (non-hydrogen) atoms. The Bertz CT molecular complexity index is 216. The zero-order valence-corrected chi connectivity index (χ0v) is 5.22. The molecule has 0 aromatic rings. The average molecular weight is 194 g/mol. The van der Waals surface area contributed by atoms with Crippen LogP contribution in [-0.2, 0) is 0 Å². The lowest BCUT2D eigenvalue weighted by atomic mass is 10.4. The first-order valence-corrected chi connectivity index (χ1v) is 2.40. The Morgan fingerprint density at radius 2 is 1.33 bits per heavy atom. The predicted octanol–water partition coefficient (Wildman–Crippen LogP) is 3.48. The van der Waals surface area contributed by atoms with Crippen molar-refractivity contribution in [1.82, 2.24) is 0 Å². The number of hydrogen-bond acceptors (Lipinski definition) is 0. The van der Waals surface area contributed by atoms with Crippen LogP contribution in [0.4, 0.5) is 30.7 Å². The maximum absolute atomic E-state index is 11.8. The summed E-state index contributed by atoms with van der Waals surface area (Å²) >= 11 is 0. The molecule has 0 N–H and O–H groups in total. The predicted molar refractivity (Wildman–Crippen MR) is 25.6 cm³/mol. The maximum atomic E-state index is 11.8. The van der Waals surface area contributed by atoms with Crippen molar-refractivity contribution in [2.45, 2.75) is 6.18 Å². The van der Waals surface area contributed by atoms with Crippen LogP contribution in [0.15, 0.2) is 23.8 Å². The van der Waals surface area contributed by atoms with Crippen molar-refractivity contribution < 1.29 is 30.7 Å². The van der Waals surface area contributed by atoms with E-state index in [0.29, 0.717) is 0 Å². The fourth-order valence-electron chi connectivity index (χ4n) is 0.295. The second-order valence-corrected chi connectivity index (χ2v) is 1.59. The van der Waals surface area contributed by atoms with Gasteiger partial charge in [-0.15, -0.1) is 0 Å². The lowest BCUT2D eigenvalue weighted by molar-refractivity contribution is -0.110. The largest absolute Gasteiger partial charge is 0.445 e. The highest BCUT2D eigenvalue weighted by Gasteiger charge is 2.37. The lowest BCUT2D eigenvalue weighted by Crippen LogP contribution is -2.08. The molecular formula is C5HF7. The summed E-state index contributed by atoms with van der Waals surface area (Å²) in [4.78, 5) is 0. The minimum Gasteiger partial charge on any atom is -0.204 e. The molecule has 0 aliphatic rings. The second kappa shape index (κ2) is 3.59. The van der Waals surface area contributed by atoms with Crippen LogP contribution in [-0.4, -0.2) is 6.18 Å². The van der Waals surface area contributed by atoms with Gasteiger partial charge in [-0.25, -0.2) is 4.39 Å². The van der Waals surface area contributed by atoms with Gasteiger partial charge in [-0.05, 0) is 0 Å². The molecule has 0 aromatic heterocycles. The van der Waals surface area contributed by atoms with Crippen LogP contribution in [0.5, 0.6) is 0 Å². The molecule has 0 atom stereocenters. The molecule has 0 unspecified atom stereocenters. The van der Waals surface area contributed by atoms with Crippen LogP contribution in [0, 0.1) is 0 Å². The highest BCUT2D eigenvalue weighted by Crippen LogP contribution is 2.30. The van der Waals surface area contributed by atoms with Crippen molar-refractivity contribution in [3.8, 4) is 0 Å². The van der Waals surface area contributed by atoms with E-state index in [2.05, 4.69) is 0 Å². The third kappa shape index (κ3) is 3.40. The molecule has 0 bridgehead atoms. The minimum atomic E-state index is -5.57. The van der Waals surface area contributed by atoms with Gasteiger partial charge in [0.1, 0.15) is 0 Å². The van der Waals surface area contributed by atoms with Crippen molar-refractivity contribution in [1.29, 1.82) is 0 Å². The Kier molecular flexibility index (Phi) is 3.29. The van der Waals surface area contributed by atoms with Gasteiger partial charge in [0.25, 0.3) is 6.08 Å². The monoisotopic (exact) mass is 194 g/mol. The quantitative estimate of drug-likeness (QED) is 0.442. The van der Waals surface area contributed by atoms with Crippen molar-refractivity contribution in [3.05, 3.63) is 23.8 Å². The van der Waals surface area contributed by atoms with E-state index >= 15 is 0 Å². The lowest BCUT2D eigenvalue weighted by Gasteiger charge is -2.01. The summed E-state index contributed by atoms with van der Waals surface area (Å²) in [5, 5.41) is 0. The van der Waals surface area contributed by atoms with Gasteiger partial charge in [0.2, 0.25) is 5.83 Å². The van der Waals surface area contributed by atoms with E-state index in [0.717, 1.165) is 0 Å². The molecule has 0 saturated heterocycles. The Balaban J connectivity index is 4.83. The van der Waals surface area contributed by atoms with Crippen molar-refractivity contribution in [2.24, 2.45) is 0 Å². The molecule has 0 fully saturated rings. The summed E-state index contributed by atoms with van der Waals surface area (Å²) in [7, 11) is 0. The fraction of sp³-hybridized carbons (Fsp3) is 0.200. The van der Waals surface area contributed by atoms with Gasteiger partial charge >= 0.3 is 6.18 Å². The molecule has 0 rings (SSSR count). The van der Waals surface area contributed by atoms with Crippen LogP contribution in [0.2, 0.25) is 0 Å². The molecule has 0 spiro atoms. The second-order valence-electron chi connectivity index (χ2n) is 1.59. The highest BCUT2D eigenvalue weighted by atomic mass is 19.4. The Labute approximate surface area is 62.0 Å². The van der Waals surface area contributed by atoms with Gasteiger partial charge in [0, 0.05) is 6.08 Å². The molecule has 0 aliphatic heterocycles. The Morgan fingerprint density at radius 3 is 1.58 bits per heavy atom. The topological polar surface area (TPSA) is 0 Å². The Morgan fingerprint density at radius 1 is 0.917 bits per heavy atom. The summed E-state index contributed by atoms with van der Waals surface area (Å²) in [6.45, 7) is 0. The standard InChI is InChI=1S/C5HF7/c6-2(1-3(7)8)4(9)5(10,11)12/h1H/b4-2+. The van der Waals surface area contributed by atoms with E-state index in [1.807, 2.05) is 0 Å². The first-order valence-electron chi connectivity index (χ1n) is 2.40. The van der Waals surface area contributed by atoms with Gasteiger partial charge in [0.05, 0.1) is 0 Å². The van der Waals surface area contributed by atoms with E-state index in [9.17, 15) is 30.7 Å². The van der Waals surface area contributed by atoms with Crippen LogP contribution in [0.1, 0.15) is 0 Å². The molecule has 0 aliphatic carbocycles. The van der Waals surface area contributed by atoms with Gasteiger partial charge in [-0.3, -0.25) is 0 Å². The summed E-state index contributed by atoms with van der Waals surface area (Å²) in [5.41, 5.74) is 0. The van der Waals surface area contributed by atoms with Crippen LogP contribution in [0.25, 0.3) is 0 Å². The third-order valence-electron chi connectivity index (χ3n) is 0.694. The van der Waals surface area contributed by atoms with Crippen LogP contribution < -0.4 is 0 Å². The molecule has 0 nitrogen and oxygen atoms in total. The summed E-state index contributed by atoms with van der Waals surface area (Å²) in [5.74, 6) is -5.81. The third-order valence-corrected chi connectivity index (χ3v) is 0.694. The SMILES string of the molecule is FC(F)=C/C(F)=C(\F)C(F)(F)F. The minimum absolute atomic E-state index is 0.844. The molecule has 0 aromatic carbocycles. The summed E-state index contributed by atoms with van der Waals surface area (Å²) in [6.07, 6.45) is -9.16. The van der Waals surface area contributed by atoms with Crippen molar-refractivity contribution in [2.75, 3.05) is 0 Å². The van der Waals surface area contributed by atoms with Crippen LogP contribution in [0.3, 0.4) is 0 Å². The van der Waals surface area contributed by atoms with Gasteiger partial charge in [-0.1, -0.05) is 0 Å². The number of rotatable bonds is 1. The van der Waals surface area contributed by atoms with E-state index in [1.165, 1.54) is 0 Å². The molecular weight excluding hydrogens is 193 g/mol. The molecule has 0 heterocycles. The first-order chi connectivity index (χ1) is 5.25. The number of allylic oxidation sites excluding steroid dienone is 3. The van der Waals surface area contributed by atoms with Crippen LogP contribution >= 0.6 is 0 Å². The summed E-state index contributed by atoms with van der Waals surface area (Å²) in [6, 6.07) is 0. The van der Waals surface area contributed by atoms with E-state index in [-0.39, 0.29) is 0 Å². The zero-order valence-electron chi connectivity index (χ0n) is 5.22. The molecule has 7 heteroatoms. The molecule has 70 valence electrons. The van der Waals surface area contributed by atoms with Gasteiger partial charge < -0.3 is 0 Å². The summed E-state index contributed by atoms with van der Waals surface area (Å²) < 4.78 is 79.2. The highest BCUT2D eigenvalue weighted by molar-refractivity contribution is 5.18. The zero-order chi connectivity index (χ0) is 9.94. The number of halogens is 7. The fourth-order valence-corrected chi connectivity index (χ4v) is 0.295. The number of alkyl halides is 3.